The van der Waals surface area contributed by atoms with Crippen molar-refractivity contribution in [3.05, 3.63) is 34.9 Å². The molecule has 1 saturated heterocycles. The first kappa shape index (κ1) is 15.2. The third-order valence-electron chi connectivity index (χ3n) is 3.15. The van der Waals surface area contributed by atoms with Crippen LogP contribution in [0.5, 0.6) is 0 Å². The molecule has 0 aromatic heterocycles. The highest BCUT2D eigenvalue weighted by Gasteiger charge is 2.23. The van der Waals surface area contributed by atoms with Crippen LogP contribution in [-0.2, 0) is 9.59 Å². The van der Waals surface area contributed by atoms with Crippen molar-refractivity contribution in [2.75, 3.05) is 18.2 Å². The Morgan fingerprint density at radius 3 is 2.95 bits per heavy atom. The summed E-state index contributed by atoms with van der Waals surface area (Å²) in [4.78, 5) is 25.1. The number of nitrogens with zero attached hydrogens (tertiary/aromatic N) is 1. The summed E-state index contributed by atoms with van der Waals surface area (Å²) in [6.07, 6.45) is 0.773. The van der Waals surface area contributed by atoms with Crippen molar-refractivity contribution in [1.82, 2.24) is 10.2 Å². The average molecular weight is 313 g/mol. The SMILES string of the molecule is CCC(NC(=O)CN1CSCC1=O)c1cccc(Cl)c1. The number of halogens is 1. The smallest absolute Gasteiger partial charge is 0.240 e. The molecule has 1 fully saturated rings. The molecule has 1 aliphatic heterocycles. The molecular weight excluding hydrogens is 296 g/mol. The van der Waals surface area contributed by atoms with Crippen LogP contribution < -0.4 is 5.32 Å². The fraction of sp³-hybridized carbons (Fsp3) is 0.429. The molecule has 2 amide bonds. The molecule has 1 aromatic carbocycles. The van der Waals surface area contributed by atoms with E-state index in [1.54, 1.807) is 11.0 Å². The lowest BCUT2D eigenvalue weighted by molar-refractivity contribution is -0.132. The van der Waals surface area contributed by atoms with Crippen LogP contribution >= 0.6 is 23.4 Å². The van der Waals surface area contributed by atoms with Gasteiger partial charge in [-0.25, -0.2) is 0 Å². The van der Waals surface area contributed by atoms with Crippen LogP contribution in [0.4, 0.5) is 0 Å². The van der Waals surface area contributed by atoms with E-state index < -0.39 is 0 Å². The van der Waals surface area contributed by atoms with Crippen LogP contribution in [-0.4, -0.2) is 34.9 Å². The van der Waals surface area contributed by atoms with E-state index >= 15 is 0 Å². The molecule has 20 heavy (non-hydrogen) atoms. The summed E-state index contributed by atoms with van der Waals surface area (Å²) in [7, 11) is 0. The first-order valence-electron chi connectivity index (χ1n) is 6.50. The number of thioether (sulfide) groups is 1. The van der Waals surface area contributed by atoms with E-state index in [1.165, 1.54) is 11.8 Å². The van der Waals surface area contributed by atoms with Crippen LogP contribution in [0.15, 0.2) is 24.3 Å². The van der Waals surface area contributed by atoms with Crippen molar-refractivity contribution in [3.63, 3.8) is 0 Å². The average Bonchev–Trinajstić information content (AvgIpc) is 2.81. The standard InChI is InChI=1S/C14H17ClN2O2S/c1-2-12(10-4-3-5-11(15)6-10)16-13(18)7-17-9-20-8-14(17)19/h3-6,12H,2,7-9H2,1H3,(H,16,18). The summed E-state index contributed by atoms with van der Waals surface area (Å²) < 4.78 is 0. The van der Waals surface area contributed by atoms with Gasteiger partial charge in [0.25, 0.3) is 0 Å². The van der Waals surface area contributed by atoms with E-state index in [0.29, 0.717) is 16.7 Å². The second-order valence-electron chi connectivity index (χ2n) is 4.65. The van der Waals surface area contributed by atoms with Gasteiger partial charge in [-0.1, -0.05) is 30.7 Å². The summed E-state index contributed by atoms with van der Waals surface area (Å²) >= 11 is 7.50. The maximum absolute atomic E-state index is 12.0. The number of nitrogens with one attached hydrogen (secondary N) is 1. The van der Waals surface area contributed by atoms with E-state index in [4.69, 9.17) is 11.6 Å². The van der Waals surface area contributed by atoms with Gasteiger partial charge in [-0.15, -0.1) is 11.8 Å². The monoisotopic (exact) mass is 312 g/mol. The Kier molecular flexibility index (Phi) is 5.31. The van der Waals surface area contributed by atoms with Gasteiger partial charge in [0.05, 0.1) is 17.7 Å². The molecule has 0 spiro atoms. The van der Waals surface area contributed by atoms with Crippen LogP contribution in [0.1, 0.15) is 24.9 Å². The topological polar surface area (TPSA) is 49.4 Å². The first-order chi connectivity index (χ1) is 9.60. The van der Waals surface area contributed by atoms with Crippen LogP contribution in [0, 0.1) is 0 Å². The number of amides is 2. The van der Waals surface area contributed by atoms with Gasteiger partial charge in [0.15, 0.2) is 0 Å². The molecule has 6 heteroatoms. The summed E-state index contributed by atoms with van der Waals surface area (Å²) in [5, 5.41) is 3.61. The maximum Gasteiger partial charge on any atom is 0.240 e. The van der Waals surface area contributed by atoms with Crippen LogP contribution in [0.3, 0.4) is 0 Å². The van der Waals surface area contributed by atoms with Gasteiger partial charge in [0.1, 0.15) is 6.54 Å². The van der Waals surface area contributed by atoms with E-state index in [-0.39, 0.29) is 24.4 Å². The molecule has 0 aliphatic carbocycles. The zero-order valence-corrected chi connectivity index (χ0v) is 12.8. The molecule has 1 N–H and O–H groups in total. The Labute approximate surface area is 127 Å². The van der Waals surface area contributed by atoms with Crippen molar-refractivity contribution < 1.29 is 9.59 Å². The van der Waals surface area contributed by atoms with Crippen molar-refractivity contribution in [2.24, 2.45) is 0 Å². The largest absolute Gasteiger partial charge is 0.348 e. The zero-order valence-electron chi connectivity index (χ0n) is 11.3. The number of rotatable bonds is 5. The number of carbonyl (C=O) groups excluding carboxylic acids is 2. The van der Waals surface area contributed by atoms with Crippen molar-refractivity contribution in [1.29, 1.82) is 0 Å². The van der Waals surface area contributed by atoms with Gasteiger partial charge < -0.3 is 10.2 Å². The minimum Gasteiger partial charge on any atom is -0.348 e. The zero-order chi connectivity index (χ0) is 14.5. The fourth-order valence-corrected chi connectivity index (χ4v) is 3.20. The second-order valence-corrected chi connectivity index (χ2v) is 6.04. The van der Waals surface area contributed by atoms with Gasteiger partial charge in [-0.3, -0.25) is 9.59 Å². The summed E-state index contributed by atoms with van der Waals surface area (Å²) in [6.45, 7) is 2.13. The van der Waals surface area contributed by atoms with Crippen LogP contribution in [0.2, 0.25) is 5.02 Å². The number of hydrogen-bond donors (Lipinski definition) is 1. The molecule has 0 saturated carbocycles. The van der Waals surface area contributed by atoms with E-state index in [0.717, 1.165) is 12.0 Å². The molecule has 1 aliphatic rings. The molecule has 1 aromatic rings. The predicted molar refractivity (Wildman–Crippen MR) is 81.7 cm³/mol. The Morgan fingerprint density at radius 1 is 1.55 bits per heavy atom. The first-order valence-corrected chi connectivity index (χ1v) is 8.03. The highest BCUT2D eigenvalue weighted by Crippen LogP contribution is 2.20. The molecule has 2 rings (SSSR count). The minimum atomic E-state index is -0.132. The summed E-state index contributed by atoms with van der Waals surface area (Å²) in [5.74, 6) is 0.965. The molecule has 0 bridgehead atoms. The molecule has 1 heterocycles. The number of benzene rings is 1. The predicted octanol–water partition coefficient (Wildman–Crippen LogP) is 2.44. The van der Waals surface area contributed by atoms with Gasteiger partial charge >= 0.3 is 0 Å². The minimum absolute atomic E-state index is 0.0287. The van der Waals surface area contributed by atoms with Gasteiger partial charge in [-0.05, 0) is 24.1 Å². The van der Waals surface area contributed by atoms with E-state index in [9.17, 15) is 9.59 Å². The van der Waals surface area contributed by atoms with Crippen molar-refractivity contribution in [3.8, 4) is 0 Å². The normalized spacial score (nSPS) is 16.3. The second kappa shape index (κ2) is 6.99. The molecule has 108 valence electrons. The summed E-state index contributed by atoms with van der Waals surface area (Å²) in [5.41, 5.74) is 0.982. The highest BCUT2D eigenvalue weighted by atomic mass is 35.5. The van der Waals surface area contributed by atoms with Gasteiger partial charge in [0, 0.05) is 5.02 Å². The Bertz CT molecular complexity index is 510. The lowest BCUT2D eigenvalue weighted by atomic mass is 10.0. The van der Waals surface area contributed by atoms with Crippen LogP contribution in [0.25, 0.3) is 0 Å². The maximum atomic E-state index is 12.0. The van der Waals surface area contributed by atoms with Gasteiger partial charge in [0.2, 0.25) is 11.8 Å². The highest BCUT2D eigenvalue weighted by molar-refractivity contribution is 8.00. The molecule has 1 unspecified atom stereocenters. The fourth-order valence-electron chi connectivity index (χ4n) is 2.10. The Morgan fingerprint density at radius 2 is 2.35 bits per heavy atom. The molecular formula is C14H17ClN2O2S. The quantitative estimate of drug-likeness (QED) is 0.908. The van der Waals surface area contributed by atoms with Gasteiger partial charge in [-0.2, -0.15) is 0 Å². The van der Waals surface area contributed by atoms with E-state index in [2.05, 4.69) is 5.32 Å². The Hall–Kier alpha value is -1.20. The number of hydrogen-bond acceptors (Lipinski definition) is 3. The van der Waals surface area contributed by atoms with Crippen molar-refractivity contribution in [2.45, 2.75) is 19.4 Å². The van der Waals surface area contributed by atoms with Crippen molar-refractivity contribution >= 4 is 35.2 Å². The lowest BCUT2D eigenvalue weighted by Crippen LogP contribution is -2.39. The van der Waals surface area contributed by atoms with E-state index in [1.807, 2.05) is 25.1 Å². The molecule has 4 nitrogen and oxygen atoms in total. The third-order valence-corrected chi connectivity index (χ3v) is 4.33. The lowest BCUT2D eigenvalue weighted by Gasteiger charge is -2.20. The molecule has 1 atom stereocenters. The molecule has 0 radical (unpaired) electrons. The number of carbonyl (C=O) groups is 2. The third kappa shape index (κ3) is 3.90. The Balaban J connectivity index is 1.96. The summed E-state index contributed by atoms with van der Waals surface area (Å²) in [6, 6.07) is 7.39.